The fourth-order valence-corrected chi connectivity index (χ4v) is 4.25. The maximum atomic E-state index is 12.5. The van der Waals surface area contributed by atoms with Crippen LogP contribution in [0.2, 0.25) is 0 Å². The molecule has 8 heteroatoms. The molecule has 2 aromatic rings. The molecule has 130 valence electrons. The smallest absolute Gasteiger partial charge is 0.240 e. The van der Waals surface area contributed by atoms with Gasteiger partial charge in [0, 0.05) is 32.6 Å². The molecule has 0 amide bonds. The highest BCUT2D eigenvalue weighted by atomic mass is 32.2. The van der Waals surface area contributed by atoms with E-state index in [2.05, 4.69) is 15.0 Å². The number of piperazine rings is 1. The molecular weight excluding hydrogens is 328 g/mol. The number of aryl methyl sites for hydroxylation is 1. The van der Waals surface area contributed by atoms with Gasteiger partial charge in [-0.2, -0.15) is 9.29 Å². The van der Waals surface area contributed by atoms with E-state index in [1.807, 2.05) is 37.3 Å². The lowest BCUT2D eigenvalue weighted by Crippen LogP contribution is -2.48. The van der Waals surface area contributed by atoms with Crippen molar-refractivity contribution in [3.63, 3.8) is 0 Å². The van der Waals surface area contributed by atoms with E-state index in [1.54, 1.807) is 4.31 Å². The first-order chi connectivity index (χ1) is 11.6. The predicted octanol–water partition coefficient (Wildman–Crippen LogP) is 1.28. The summed E-state index contributed by atoms with van der Waals surface area (Å²) in [6, 6.07) is 9.29. The highest BCUT2D eigenvalue weighted by Gasteiger charge is 2.27. The fraction of sp³-hybridized carbons (Fsp3) is 0.500. The van der Waals surface area contributed by atoms with Crippen LogP contribution in [0.1, 0.15) is 24.2 Å². The molecule has 0 atom stereocenters. The fourth-order valence-electron chi connectivity index (χ4n) is 2.73. The SMILES string of the molecule is CCc1noc(CN2CCN(S(=O)(=O)Cc3ccccc3)CC2)n1. The van der Waals surface area contributed by atoms with Crippen LogP contribution in [0.25, 0.3) is 0 Å². The van der Waals surface area contributed by atoms with E-state index < -0.39 is 10.0 Å². The van der Waals surface area contributed by atoms with Crippen molar-refractivity contribution in [3.05, 3.63) is 47.6 Å². The van der Waals surface area contributed by atoms with Gasteiger partial charge in [0.25, 0.3) is 0 Å². The monoisotopic (exact) mass is 350 g/mol. The Kier molecular flexibility index (Phi) is 5.27. The van der Waals surface area contributed by atoms with Crippen LogP contribution >= 0.6 is 0 Å². The Morgan fingerprint density at radius 1 is 1.12 bits per heavy atom. The molecule has 0 bridgehead atoms. The molecule has 1 fully saturated rings. The second-order valence-corrected chi connectivity index (χ2v) is 7.84. The van der Waals surface area contributed by atoms with Crippen molar-refractivity contribution in [1.29, 1.82) is 0 Å². The highest BCUT2D eigenvalue weighted by Crippen LogP contribution is 2.14. The molecule has 2 heterocycles. The van der Waals surface area contributed by atoms with E-state index >= 15 is 0 Å². The quantitative estimate of drug-likeness (QED) is 0.781. The molecule has 0 unspecified atom stereocenters. The molecule has 7 nitrogen and oxygen atoms in total. The van der Waals surface area contributed by atoms with Crippen LogP contribution < -0.4 is 0 Å². The topological polar surface area (TPSA) is 79.5 Å². The minimum Gasteiger partial charge on any atom is -0.338 e. The van der Waals surface area contributed by atoms with Crippen LogP contribution in [-0.2, 0) is 28.7 Å². The first-order valence-electron chi connectivity index (χ1n) is 8.12. The molecule has 3 rings (SSSR count). The predicted molar refractivity (Wildman–Crippen MR) is 89.6 cm³/mol. The second-order valence-electron chi connectivity index (χ2n) is 5.87. The number of sulfonamides is 1. The van der Waals surface area contributed by atoms with Crippen molar-refractivity contribution in [3.8, 4) is 0 Å². The summed E-state index contributed by atoms with van der Waals surface area (Å²) in [5.41, 5.74) is 0.817. The Balaban J connectivity index is 1.54. The van der Waals surface area contributed by atoms with Crippen LogP contribution in [0.4, 0.5) is 0 Å². The normalized spacial score (nSPS) is 17.2. The molecule has 0 saturated carbocycles. The zero-order valence-electron chi connectivity index (χ0n) is 13.8. The van der Waals surface area contributed by atoms with Crippen molar-refractivity contribution < 1.29 is 12.9 Å². The Hall–Kier alpha value is -1.77. The van der Waals surface area contributed by atoms with E-state index in [0.29, 0.717) is 44.4 Å². The van der Waals surface area contributed by atoms with E-state index in [4.69, 9.17) is 4.52 Å². The first kappa shape index (κ1) is 17.1. The van der Waals surface area contributed by atoms with Gasteiger partial charge in [-0.1, -0.05) is 42.4 Å². The zero-order chi connectivity index (χ0) is 17.0. The van der Waals surface area contributed by atoms with Gasteiger partial charge in [0.15, 0.2) is 5.82 Å². The summed E-state index contributed by atoms with van der Waals surface area (Å²) in [4.78, 5) is 6.44. The lowest BCUT2D eigenvalue weighted by molar-refractivity contribution is 0.163. The van der Waals surface area contributed by atoms with Gasteiger partial charge < -0.3 is 4.52 Å². The number of hydrogen-bond donors (Lipinski definition) is 0. The molecule has 1 saturated heterocycles. The summed E-state index contributed by atoms with van der Waals surface area (Å²) >= 11 is 0. The molecular formula is C16H22N4O3S. The van der Waals surface area contributed by atoms with Crippen LogP contribution in [0.15, 0.2) is 34.9 Å². The molecule has 1 aliphatic heterocycles. The first-order valence-corrected chi connectivity index (χ1v) is 9.73. The summed E-state index contributed by atoms with van der Waals surface area (Å²) in [6.45, 7) is 4.86. The molecule has 0 spiro atoms. The number of hydrogen-bond acceptors (Lipinski definition) is 6. The van der Waals surface area contributed by atoms with Gasteiger partial charge in [-0.15, -0.1) is 0 Å². The summed E-state index contributed by atoms with van der Waals surface area (Å²) in [6.07, 6.45) is 0.745. The van der Waals surface area contributed by atoms with Gasteiger partial charge in [0.05, 0.1) is 12.3 Å². The van der Waals surface area contributed by atoms with Crippen LogP contribution in [0.5, 0.6) is 0 Å². The lowest BCUT2D eigenvalue weighted by Gasteiger charge is -2.33. The zero-order valence-corrected chi connectivity index (χ0v) is 14.6. The van der Waals surface area contributed by atoms with Gasteiger partial charge in [-0.25, -0.2) is 8.42 Å². The van der Waals surface area contributed by atoms with E-state index in [0.717, 1.165) is 12.0 Å². The van der Waals surface area contributed by atoms with Gasteiger partial charge in [0.1, 0.15) is 0 Å². The largest absolute Gasteiger partial charge is 0.338 e. The van der Waals surface area contributed by atoms with Gasteiger partial charge in [-0.3, -0.25) is 4.90 Å². The molecule has 1 aromatic carbocycles. The Morgan fingerprint density at radius 3 is 2.46 bits per heavy atom. The Bertz CT molecular complexity index is 753. The maximum absolute atomic E-state index is 12.5. The van der Waals surface area contributed by atoms with E-state index in [1.165, 1.54) is 0 Å². The number of aromatic nitrogens is 2. The standard InChI is InChI=1S/C16H22N4O3S/c1-2-15-17-16(23-18-15)12-19-8-10-20(11-9-19)24(21,22)13-14-6-4-3-5-7-14/h3-7H,2,8-13H2,1H3. The highest BCUT2D eigenvalue weighted by molar-refractivity contribution is 7.88. The summed E-state index contributed by atoms with van der Waals surface area (Å²) in [5.74, 6) is 1.35. The van der Waals surface area contributed by atoms with Crippen molar-refractivity contribution in [1.82, 2.24) is 19.3 Å². The minimum atomic E-state index is -3.28. The number of rotatable bonds is 6. The molecule has 0 radical (unpaired) electrons. The van der Waals surface area contributed by atoms with Crippen molar-refractivity contribution in [2.45, 2.75) is 25.6 Å². The molecule has 24 heavy (non-hydrogen) atoms. The van der Waals surface area contributed by atoms with Crippen LogP contribution in [0, 0.1) is 0 Å². The van der Waals surface area contributed by atoms with E-state index in [9.17, 15) is 8.42 Å². The summed E-state index contributed by atoms with van der Waals surface area (Å²) < 4.78 is 31.8. The molecule has 1 aromatic heterocycles. The summed E-state index contributed by atoms with van der Waals surface area (Å²) in [7, 11) is -3.28. The Labute approximate surface area is 142 Å². The third-order valence-corrected chi connectivity index (χ3v) is 5.95. The maximum Gasteiger partial charge on any atom is 0.240 e. The van der Waals surface area contributed by atoms with Crippen molar-refractivity contribution in [2.24, 2.45) is 0 Å². The number of nitrogens with zero attached hydrogens (tertiary/aromatic N) is 4. The van der Waals surface area contributed by atoms with Gasteiger partial charge in [0.2, 0.25) is 15.9 Å². The number of benzene rings is 1. The average Bonchev–Trinajstić information content (AvgIpc) is 3.03. The molecule has 0 aliphatic carbocycles. The summed E-state index contributed by atoms with van der Waals surface area (Å²) in [5, 5.41) is 3.88. The lowest BCUT2D eigenvalue weighted by atomic mass is 10.2. The third kappa shape index (κ3) is 4.19. The van der Waals surface area contributed by atoms with Crippen molar-refractivity contribution in [2.75, 3.05) is 26.2 Å². The van der Waals surface area contributed by atoms with Crippen molar-refractivity contribution >= 4 is 10.0 Å². The van der Waals surface area contributed by atoms with E-state index in [-0.39, 0.29) is 5.75 Å². The van der Waals surface area contributed by atoms with Crippen LogP contribution in [-0.4, -0.2) is 53.9 Å². The molecule has 0 N–H and O–H groups in total. The van der Waals surface area contributed by atoms with Gasteiger partial charge >= 0.3 is 0 Å². The third-order valence-electron chi connectivity index (χ3n) is 4.10. The average molecular weight is 350 g/mol. The second kappa shape index (κ2) is 7.42. The van der Waals surface area contributed by atoms with Crippen LogP contribution in [0.3, 0.4) is 0 Å². The van der Waals surface area contributed by atoms with Gasteiger partial charge in [-0.05, 0) is 5.56 Å². The minimum absolute atomic E-state index is 0.0529. The molecule has 1 aliphatic rings. The Morgan fingerprint density at radius 2 is 1.83 bits per heavy atom.